The first-order valence-corrected chi connectivity index (χ1v) is 7.91. The van der Waals surface area contributed by atoms with E-state index in [1.54, 1.807) is 0 Å². The second-order valence-corrected chi connectivity index (χ2v) is 7.16. The Labute approximate surface area is 117 Å². The van der Waals surface area contributed by atoms with Crippen molar-refractivity contribution in [1.82, 2.24) is 4.90 Å². The van der Waals surface area contributed by atoms with Gasteiger partial charge in [-0.1, -0.05) is 26.7 Å². The average molecular weight is 267 g/mol. The van der Waals surface area contributed by atoms with Gasteiger partial charge in [-0.2, -0.15) is 0 Å². The first kappa shape index (κ1) is 14.8. The summed E-state index contributed by atoms with van der Waals surface area (Å²) in [7, 11) is 0. The van der Waals surface area contributed by atoms with Gasteiger partial charge in [-0.3, -0.25) is 4.79 Å². The van der Waals surface area contributed by atoms with Gasteiger partial charge in [-0.05, 0) is 57.5 Å². The smallest absolute Gasteiger partial charge is 0.309 e. The summed E-state index contributed by atoms with van der Waals surface area (Å²) in [4.78, 5) is 13.9. The number of piperidine rings is 1. The van der Waals surface area contributed by atoms with E-state index in [-0.39, 0.29) is 0 Å². The summed E-state index contributed by atoms with van der Waals surface area (Å²) in [5, 5.41) is 9.32. The van der Waals surface area contributed by atoms with Crippen molar-refractivity contribution in [2.75, 3.05) is 13.1 Å². The second-order valence-electron chi connectivity index (χ2n) is 7.16. The topological polar surface area (TPSA) is 40.5 Å². The molecule has 0 aromatic rings. The highest BCUT2D eigenvalue weighted by Crippen LogP contribution is 2.38. The van der Waals surface area contributed by atoms with Crippen LogP contribution in [0.3, 0.4) is 0 Å². The highest BCUT2D eigenvalue weighted by Gasteiger charge is 2.40. The largest absolute Gasteiger partial charge is 0.481 e. The minimum atomic E-state index is -0.615. The molecular weight excluding hydrogens is 238 g/mol. The number of hydrogen-bond donors (Lipinski definition) is 1. The molecule has 2 aliphatic rings. The molecule has 1 aliphatic carbocycles. The van der Waals surface area contributed by atoms with E-state index in [4.69, 9.17) is 0 Å². The third-order valence-corrected chi connectivity index (χ3v) is 5.52. The number of likely N-dealkylation sites (tertiary alicyclic amines) is 1. The Morgan fingerprint density at radius 2 is 1.79 bits per heavy atom. The van der Waals surface area contributed by atoms with Crippen molar-refractivity contribution in [3.8, 4) is 0 Å². The van der Waals surface area contributed by atoms with Gasteiger partial charge >= 0.3 is 5.97 Å². The highest BCUT2D eigenvalue weighted by molar-refractivity contribution is 5.74. The lowest BCUT2D eigenvalue weighted by atomic mass is 9.74. The number of nitrogens with zero attached hydrogens (tertiary/aromatic N) is 1. The van der Waals surface area contributed by atoms with Crippen LogP contribution in [0.25, 0.3) is 0 Å². The Balaban J connectivity index is 1.98. The summed E-state index contributed by atoms with van der Waals surface area (Å²) in [6.45, 7) is 8.53. The summed E-state index contributed by atoms with van der Waals surface area (Å²) >= 11 is 0. The molecule has 0 bridgehead atoms. The molecule has 2 rings (SSSR count). The third kappa shape index (κ3) is 3.13. The summed E-state index contributed by atoms with van der Waals surface area (Å²) < 4.78 is 0. The number of carbonyl (C=O) groups is 1. The van der Waals surface area contributed by atoms with Gasteiger partial charge in [0.2, 0.25) is 0 Å². The van der Waals surface area contributed by atoms with Gasteiger partial charge < -0.3 is 10.0 Å². The number of hydrogen-bond acceptors (Lipinski definition) is 2. The molecule has 0 amide bonds. The lowest BCUT2D eigenvalue weighted by Gasteiger charge is -2.46. The monoisotopic (exact) mass is 267 g/mol. The van der Waals surface area contributed by atoms with E-state index in [1.165, 1.54) is 25.7 Å². The van der Waals surface area contributed by atoms with Crippen LogP contribution in [-0.2, 0) is 4.79 Å². The summed E-state index contributed by atoms with van der Waals surface area (Å²) in [5.41, 5.74) is -0.488. The Hall–Kier alpha value is -0.570. The van der Waals surface area contributed by atoms with Crippen LogP contribution >= 0.6 is 0 Å². The first-order valence-electron chi connectivity index (χ1n) is 7.91. The molecule has 0 spiro atoms. The van der Waals surface area contributed by atoms with Gasteiger partial charge in [0, 0.05) is 6.04 Å². The van der Waals surface area contributed by atoms with Crippen LogP contribution in [0.2, 0.25) is 0 Å². The van der Waals surface area contributed by atoms with Gasteiger partial charge in [0.05, 0.1) is 5.41 Å². The Morgan fingerprint density at radius 1 is 1.21 bits per heavy atom. The molecule has 0 radical (unpaired) electrons. The van der Waals surface area contributed by atoms with Crippen LogP contribution in [0.4, 0.5) is 0 Å². The lowest BCUT2D eigenvalue weighted by Crippen LogP contribution is -2.51. The Morgan fingerprint density at radius 3 is 2.32 bits per heavy atom. The summed E-state index contributed by atoms with van der Waals surface area (Å²) in [6.07, 6.45) is 7.01. The number of aliphatic carboxylic acids is 1. The maximum absolute atomic E-state index is 11.3. The van der Waals surface area contributed by atoms with Gasteiger partial charge in [0.1, 0.15) is 0 Å². The molecule has 1 saturated heterocycles. The number of carboxylic acids is 1. The van der Waals surface area contributed by atoms with Gasteiger partial charge in [0.25, 0.3) is 0 Å². The molecule has 1 N–H and O–H groups in total. The van der Waals surface area contributed by atoms with E-state index in [1.807, 2.05) is 6.92 Å². The molecule has 2 fully saturated rings. The molecule has 110 valence electrons. The van der Waals surface area contributed by atoms with Crippen molar-refractivity contribution in [3.63, 3.8) is 0 Å². The van der Waals surface area contributed by atoms with E-state index < -0.39 is 11.4 Å². The van der Waals surface area contributed by atoms with E-state index >= 15 is 0 Å². The predicted molar refractivity (Wildman–Crippen MR) is 77.1 cm³/mol. The molecule has 0 aromatic carbocycles. The van der Waals surface area contributed by atoms with Crippen LogP contribution in [0.5, 0.6) is 0 Å². The molecule has 19 heavy (non-hydrogen) atoms. The molecule has 3 heteroatoms. The van der Waals surface area contributed by atoms with Crippen LogP contribution in [0, 0.1) is 17.3 Å². The predicted octanol–water partition coefficient (Wildman–Crippen LogP) is 3.39. The summed E-state index contributed by atoms with van der Waals surface area (Å²) in [6, 6.07) is 0.701. The highest BCUT2D eigenvalue weighted by atomic mass is 16.4. The standard InChI is InChI=1S/C16H29NO2/c1-12(2)13-6-4-5-7-14(13)17-10-8-16(3,9-11-17)15(18)19/h12-14H,4-11H2,1-3H3,(H,18,19). The number of carboxylic acid groups (broad SMARTS) is 1. The molecule has 2 unspecified atom stereocenters. The zero-order valence-electron chi connectivity index (χ0n) is 12.7. The van der Waals surface area contributed by atoms with Gasteiger partial charge in [0.15, 0.2) is 0 Å². The molecule has 1 saturated carbocycles. The van der Waals surface area contributed by atoms with Crippen LogP contribution < -0.4 is 0 Å². The van der Waals surface area contributed by atoms with Crippen LogP contribution in [0.15, 0.2) is 0 Å². The van der Waals surface area contributed by atoms with Crippen molar-refractivity contribution in [1.29, 1.82) is 0 Å². The fraction of sp³-hybridized carbons (Fsp3) is 0.938. The average Bonchev–Trinajstić information content (AvgIpc) is 2.39. The minimum absolute atomic E-state index is 0.488. The fourth-order valence-electron chi connectivity index (χ4n) is 3.93. The molecule has 3 nitrogen and oxygen atoms in total. The fourth-order valence-corrected chi connectivity index (χ4v) is 3.93. The lowest BCUT2D eigenvalue weighted by molar-refractivity contribution is -0.151. The minimum Gasteiger partial charge on any atom is -0.481 e. The molecular formula is C16H29NO2. The SMILES string of the molecule is CC(C)C1CCCCC1N1CCC(C)(C(=O)O)CC1. The van der Waals surface area contributed by atoms with Crippen molar-refractivity contribution < 1.29 is 9.90 Å². The van der Waals surface area contributed by atoms with E-state index in [0.717, 1.165) is 37.8 Å². The number of rotatable bonds is 3. The summed E-state index contributed by atoms with van der Waals surface area (Å²) in [5.74, 6) is 0.942. The molecule has 1 heterocycles. The Kier molecular flexibility index (Phi) is 4.54. The Bertz CT molecular complexity index is 319. The maximum atomic E-state index is 11.3. The van der Waals surface area contributed by atoms with Gasteiger partial charge in [-0.25, -0.2) is 0 Å². The van der Waals surface area contributed by atoms with E-state index in [9.17, 15) is 9.90 Å². The first-order chi connectivity index (χ1) is 8.94. The van der Waals surface area contributed by atoms with Crippen LogP contribution in [-0.4, -0.2) is 35.1 Å². The van der Waals surface area contributed by atoms with Gasteiger partial charge in [-0.15, -0.1) is 0 Å². The van der Waals surface area contributed by atoms with E-state index in [2.05, 4.69) is 18.7 Å². The zero-order chi connectivity index (χ0) is 14.0. The van der Waals surface area contributed by atoms with E-state index in [0.29, 0.717) is 6.04 Å². The normalized spacial score (nSPS) is 32.4. The maximum Gasteiger partial charge on any atom is 0.309 e. The molecule has 2 atom stereocenters. The van der Waals surface area contributed by atoms with Crippen molar-refractivity contribution >= 4 is 5.97 Å². The van der Waals surface area contributed by atoms with Crippen molar-refractivity contribution in [2.45, 2.75) is 65.3 Å². The molecule has 1 aliphatic heterocycles. The molecule has 0 aromatic heterocycles. The second kappa shape index (κ2) is 5.82. The van der Waals surface area contributed by atoms with Crippen molar-refractivity contribution in [3.05, 3.63) is 0 Å². The quantitative estimate of drug-likeness (QED) is 0.852. The van der Waals surface area contributed by atoms with Crippen LogP contribution in [0.1, 0.15) is 59.3 Å². The third-order valence-electron chi connectivity index (χ3n) is 5.52. The van der Waals surface area contributed by atoms with Crippen molar-refractivity contribution in [2.24, 2.45) is 17.3 Å². The zero-order valence-corrected chi connectivity index (χ0v) is 12.7.